The normalized spacial score (nSPS) is 16.1. The number of nitrogens with zero attached hydrogens (tertiary/aromatic N) is 1. The fourth-order valence-corrected chi connectivity index (χ4v) is 2.73. The highest BCUT2D eigenvalue weighted by molar-refractivity contribution is 6.34. The molecule has 1 heterocycles. The van der Waals surface area contributed by atoms with Gasteiger partial charge in [-0.2, -0.15) is 0 Å². The molecule has 0 spiro atoms. The van der Waals surface area contributed by atoms with Crippen LogP contribution in [0.4, 0.5) is 5.69 Å². The lowest BCUT2D eigenvalue weighted by Gasteiger charge is -2.26. The first-order valence-corrected chi connectivity index (χ1v) is 7.40. The predicted molar refractivity (Wildman–Crippen MR) is 84.9 cm³/mol. The van der Waals surface area contributed by atoms with Crippen LogP contribution >= 0.6 is 11.6 Å². The molecule has 6 nitrogen and oxygen atoms in total. The van der Waals surface area contributed by atoms with Gasteiger partial charge in [0, 0.05) is 24.1 Å². The van der Waals surface area contributed by atoms with Gasteiger partial charge >= 0.3 is 0 Å². The van der Waals surface area contributed by atoms with Crippen LogP contribution in [0, 0.1) is 10.1 Å². The second kappa shape index (κ2) is 6.26. The molecule has 3 rings (SSSR count). The lowest BCUT2D eigenvalue weighted by Crippen LogP contribution is -2.32. The van der Waals surface area contributed by atoms with Crippen LogP contribution in [0.25, 0.3) is 0 Å². The number of para-hydroxylation sites is 1. The number of nitro groups is 1. The molecule has 2 aromatic carbocycles. The van der Waals surface area contributed by atoms with Crippen LogP contribution in [-0.4, -0.2) is 17.4 Å². The van der Waals surface area contributed by atoms with Gasteiger partial charge in [-0.15, -0.1) is 0 Å². The van der Waals surface area contributed by atoms with E-state index in [1.807, 2.05) is 24.3 Å². The molecule has 23 heavy (non-hydrogen) atoms. The van der Waals surface area contributed by atoms with Gasteiger partial charge in [0.15, 0.2) is 0 Å². The number of nitro benzene ring substituents is 1. The number of non-ortho nitro benzene ring substituents is 1. The quantitative estimate of drug-likeness (QED) is 0.689. The van der Waals surface area contributed by atoms with Gasteiger partial charge in [-0.25, -0.2) is 0 Å². The highest BCUT2D eigenvalue weighted by Gasteiger charge is 2.24. The van der Waals surface area contributed by atoms with Crippen molar-refractivity contribution in [2.75, 3.05) is 6.61 Å². The molecule has 1 atom stereocenters. The van der Waals surface area contributed by atoms with Gasteiger partial charge in [0.05, 0.1) is 28.2 Å². The van der Waals surface area contributed by atoms with Gasteiger partial charge in [-0.1, -0.05) is 29.8 Å². The van der Waals surface area contributed by atoms with Crippen molar-refractivity contribution in [2.45, 2.75) is 12.5 Å². The zero-order valence-corrected chi connectivity index (χ0v) is 12.7. The lowest BCUT2D eigenvalue weighted by atomic mass is 10.00. The summed E-state index contributed by atoms with van der Waals surface area (Å²) < 4.78 is 5.55. The van der Waals surface area contributed by atoms with E-state index < -0.39 is 10.8 Å². The van der Waals surface area contributed by atoms with E-state index in [4.69, 9.17) is 16.3 Å². The van der Waals surface area contributed by atoms with Gasteiger partial charge in [-0.05, 0) is 12.1 Å². The second-order valence-corrected chi connectivity index (χ2v) is 5.53. The lowest BCUT2D eigenvalue weighted by molar-refractivity contribution is -0.384. The molecule has 118 valence electrons. The maximum absolute atomic E-state index is 12.5. The summed E-state index contributed by atoms with van der Waals surface area (Å²) in [7, 11) is 0. The van der Waals surface area contributed by atoms with E-state index in [2.05, 4.69) is 5.32 Å². The van der Waals surface area contributed by atoms with Gasteiger partial charge in [-0.3, -0.25) is 14.9 Å². The molecule has 1 N–H and O–H groups in total. The average molecular weight is 333 g/mol. The van der Waals surface area contributed by atoms with E-state index in [0.29, 0.717) is 13.0 Å². The standard InChI is InChI=1S/C16H13ClN2O4/c17-13-6-5-10(19(21)22)9-12(13)16(20)18-14-7-8-23-15-4-2-1-3-11(14)15/h1-6,9,14H,7-8H2,(H,18,20)/t14-/m0/s1. The number of hydrogen-bond donors (Lipinski definition) is 1. The first-order chi connectivity index (χ1) is 11.1. The van der Waals surface area contributed by atoms with E-state index in [1.54, 1.807) is 0 Å². The van der Waals surface area contributed by atoms with Crippen LogP contribution in [-0.2, 0) is 0 Å². The summed E-state index contributed by atoms with van der Waals surface area (Å²) >= 11 is 6.01. The number of rotatable bonds is 3. The van der Waals surface area contributed by atoms with Crippen molar-refractivity contribution in [2.24, 2.45) is 0 Å². The van der Waals surface area contributed by atoms with Crippen LogP contribution in [0.5, 0.6) is 5.75 Å². The number of nitrogens with one attached hydrogen (secondary N) is 1. The molecule has 0 bridgehead atoms. The van der Waals surface area contributed by atoms with Crippen molar-refractivity contribution in [1.82, 2.24) is 5.32 Å². The van der Waals surface area contributed by atoms with Crippen LogP contribution in [0.15, 0.2) is 42.5 Å². The summed E-state index contributed by atoms with van der Waals surface area (Å²) in [6.07, 6.45) is 0.620. The monoisotopic (exact) mass is 332 g/mol. The second-order valence-electron chi connectivity index (χ2n) is 5.12. The first-order valence-electron chi connectivity index (χ1n) is 7.03. The van der Waals surface area contributed by atoms with E-state index in [9.17, 15) is 14.9 Å². The number of ether oxygens (including phenoxy) is 1. The van der Waals surface area contributed by atoms with Crippen molar-refractivity contribution < 1.29 is 14.5 Å². The fourth-order valence-electron chi connectivity index (χ4n) is 2.53. The van der Waals surface area contributed by atoms with Crippen LogP contribution in [0.2, 0.25) is 5.02 Å². The van der Waals surface area contributed by atoms with Crippen molar-refractivity contribution in [3.8, 4) is 5.75 Å². The molecule has 1 amide bonds. The maximum Gasteiger partial charge on any atom is 0.270 e. The molecule has 0 saturated heterocycles. The Morgan fingerprint density at radius 3 is 2.87 bits per heavy atom. The molecule has 0 aliphatic carbocycles. The number of halogens is 1. The molecule has 0 fully saturated rings. The number of fused-ring (bicyclic) bond motifs is 1. The van der Waals surface area contributed by atoms with Crippen LogP contribution < -0.4 is 10.1 Å². The third-order valence-corrected chi connectivity index (χ3v) is 4.00. The summed E-state index contributed by atoms with van der Waals surface area (Å²) in [6, 6.07) is 11.0. The molecule has 0 radical (unpaired) electrons. The Balaban J connectivity index is 1.86. The summed E-state index contributed by atoms with van der Waals surface area (Å²) in [6.45, 7) is 0.491. The van der Waals surface area contributed by atoms with Crippen LogP contribution in [0.1, 0.15) is 28.4 Å². The Morgan fingerprint density at radius 1 is 1.30 bits per heavy atom. The Labute approximate surface area is 137 Å². The van der Waals surface area contributed by atoms with E-state index in [0.717, 1.165) is 11.3 Å². The molecule has 0 unspecified atom stereocenters. The average Bonchev–Trinajstić information content (AvgIpc) is 2.55. The first kappa shape index (κ1) is 15.3. The molecule has 7 heteroatoms. The van der Waals surface area contributed by atoms with E-state index in [-0.39, 0.29) is 22.3 Å². The number of amides is 1. The molecular weight excluding hydrogens is 320 g/mol. The van der Waals surface area contributed by atoms with Crippen molar-refractivity contribution in [3.63, 3.8) is 0 Å². The highest BCUT2D eigenvalue weighted by Crippen LogP contribution is 2.32. The fraction of sp³-hybridized carbons (Fsp3) is 0.188. The smallest absolute Gasteiger partial charge is 0.270 e. The van der Waals surface area contributed by atoms with Crippen LogP contribution in [0.3, 0.4) is 0 Å². The molecular formula is C16H13ClN2O4. The Morgan fingerprint density at radius 2 is 2.09 bits per heavy atom. The molecule has 2 aromatic rings. The van der Waals surface area contributed by atoms with E-state index >= 15 is 0 Å². The number of carbonyl (C=O) groups is 1. The summed E-state index contributed by atoms with van der Waals surface area (Å²) in [5.41, 5.74) is 0.797. The summed E-state index contributed by atoms with van der Waals surface area (Å²) in [5, 5.41) is 13.9. The van der Waals surface area contributed by atoms with Crippen molar-refractivity contribution in [1.29, 1.82) is 0 Å². The van der Waals surface area contributed by atoms with Gasteiger partial charge in [0.1, 0.15) is 5.75 Å². The third-order valence-electron chi connectivity index (χ3n) is 3.67. The van der Waals surface area contributed by atoms with Crippen molar-refractivity contribution >= 4 is 23.2 Å². The van der Waals surface area contributed by atoms with Gasteiger partial charge < -0.3 is 10.1 Å². The topological polar surface area (TPSA) is 81.5 Å². The number of hydrogen-bond acceptors (Lipinski definition) is 4. The summed E-state index contributed by atoms with van der Waals surface area (Å²) in [4.78, 5) is 22.8. The van der Waals surface area contributed by atoms with Crippen molar-refractivity contribution in [3.05, 3.63) is 68.7 Å². The molecule has 1 aliphatic rings. The van der Waals surface area contributed by atoms with Gasteiger partial charge in [0.2, 0.25) is 0 Å². The minimum atomic E-state index is -0.559. The summed E-state index contributed by atoms with van der Waals surface area (Å²) in [5.74, 6) is 0.287. The number of benzene rings is 2. The van der Waals surface area contributed by atoms with E-state index in [1.165, 1.54) is 18.2 Å². The maximum atomic E-state index is 12.5. The zero-order chi connectivity index (χ0) is 16.4. The minimum absolute atomic E-state index is 0.0878. The third kappa shape index (κ3) is 3.12. The Bertz CT molecular complexity index is 778. The number of carbonyl (C=O) groups excluding carboxylic acids is 1. The predicted octanol–water partition coefficient (Wildman–Crippen LogP) is 3.50. The SMILES string of the molecule is O=C(N[C@H]1CCOc2ccccc21)c1cc([N+](=O)[O-])ccc1Cl. The zero-order valence-electron chi connectivity index (χ0n) is 12.0. The molecule has 0 saturated carbocycles. The Hall–Kier alpha value is -2.60. The van der Waals surface area contributed by atoms with Gasteiger partial charge in [0.25, 0.3) is 11.6 Å². The molecule has 1 aliphatic heterocycles. The molecule has 0 aromatic heterocycles. The largest absolute Gasteiger partial charge is 0.493 e. The Kier molecular flexibility index (Phi) is 4.16. The highest BCUT2D eigenvalue weighted by atomic mass is 35.5. The minimum Gasteiger partial charge on any atom is -0.493 e.